The lowest BCUT2D eigenvalue weighted by atomic mass is 10.2. The van der Waals surface area contributed by atoms with Gasteiger partial charge in [0, 0.05) is 25.3 Å². The zero-order valence-corrected chi connectivity index (χ0v) is 10.3. The minimum absolute atomic E-state index is 0.0179. The van der Waals surface area contributed by atoms with Gasteiger partial charge >= 0.3 is 5.97 Å². The van der Waals surface area contributed by atoms with Crippen LogP contribution in [0.1, 0.15) is 35.2 Å². The first-order valence-corrected chi connectivity index (χ1v) is 5.74. The van der Waals surface area contributed by atoms with E-state index in [1.807, 2.05) is 6.92 Å². The molecule has 0 aliphatic carbocycles. The van der Waals surface area contributed by atoms with Crippen LogP contribution in [0.3, 0.4) is 0 Å². The van der Waals surface area contributed by atoms with Gasteiger partial charge in [0.2, 0.25) is 5.76 Å². The third-order valence-corrected chi connectivity index (χ3v) is 2.70. The monoisotopic (exact) mass is 241 g/mol. The second kappa shape index (κ2) is 6.42. The minimum Gasteiger partial charge on any atom is -0.475 e. The van der Waals surface area contributed by atoms with Gasteiger partial charge in [-0.05, 0) is 26.0 Å². The third-order valence-electron chi connectivity index (χ3n) is 2.70. The van der Waals surface area contributed by atoms with Gasteiger partial charge in [0.1, 0.15) is 5.76 Å². The zero-order chi connectivity index (χ0) is 12.8. The summed E-state index contributed by atoms with van der Waals surface area (Å²) in [7, 11) is 0. The number of hydrogen-bond donors (Lipinski definition) is 2. The summed E-state index contributed by atoms with van der Waals surface area (Å²) in [6, 6.07) is 1.57. The summed E-state index contributed by atoms with van der Waals surface area (Å²) in [4.78, 5) is 12.9. The molecule has 1 aromatic rings. The Balaban J connectivity index is 2.68. The third kappa shape index (κ3) is 3.87. The summed E-state index contributed by atoms with van der Waals surface area (Å²) in [5.74, 6) is -0.418. The van der Waals surface area contributed by atoms with Crippen molar-refractivity contribution in [1.82, 2.24) is 4.90 Å². The van der Waals surface area contributed by atoms with Crippen LogP contribution in [-0.2, 0) is 6.54 Å². The number of carbonyl (C=O) groups is 1. The molecule has 0 bridgehead atoms. The Hall–Kier alpha value is -1.33. The first-order chi connectivity index (χ1) is 8.08. The number of aliphatic hydroxyl groups excluding tert-OH is 1. The number of carboxylic acids is 1. The second-order valence-electron chi connectivity index (χ2n) is 3.94. The number of hydrogen-bond acceptors (Lipinski definition) is 4. The molecule has 0 saturated carbocycles. The number of carboxylic acid groups (broad SMARTS) is 1. The number of furan rings is 1. The molecule has 0 amide bonds. The molecule has 5 heteroatoms. The van der Waals surface area contributed by atoms with Gasteiger partial charge in [0.05, 0.1) is 0 Å². The van der Waals surface area contributed by atoms with E-state index >= 15 is 0 Å². The van der Waals surface area contributed by atoms with Crippen LogP contribution in [0.5, 0.6) is 0 Å². The highest BCUT2D eigenvalue weighted by Crippen LogP contribution is 2.16. The van der Waals surface area contributed by atoms with E-state index in [4.69, 9.17) is 14.6 Å². The van der Waals surface area contributed by atoms with Crippen molar-refractivity contribution in [2.24, 2.45) is 0 Å². The topological polar surface area (TPSA) is 73.9 Å². The van der Waals surface area contributed by atoms with Gasteiger partial charge in [-0.25, -0.2) is 4.79 Å². The van der Waals surface area contributed by atoms with Gasteiger partial charge in [-0.15, -0.1) is 0 Å². The Kier molecular flexibility index (Phi) is 5.18. The van der Waals surface area contributed by atoms with Crippen LogP contribution in [-0.4, -0.2) is 40.8 Å². The Morgan fingerprint density at radius 1 is 1.53 bits per heavy atom. The molecule has 96 valence electrons. The first kappa shape index (κ1) is 13.7. The van der Waals surface area contributed by atoms with Gasteiger partial charge in [-0.1, -0.05) is 6.92 Å². The molecule has 1 heterocycles. The molecule has 0 spiro atoms. The van der Waals surface area contributed by atoms with Gasteiger partial charge in [0.25, 0.3) is 0 Å². The normalized spacial score (nSPS) is 11.1. The van der Waals surface area contributed by atoms with Gasteiger partial charge < -0.3 is 14.6 Å². The highest BCUT2D eigenvalue weighted by Gasteiger charge is 2.14. The van der Waals surface area contributed by atoms with Crippen molar-refractivity contribution < 1.29 is 19.4 Å². The van der Waals surface area contributed by atoms with Gasteiger partial charge in [0.15, 0.2) is 0 Å². The highest BCUT2D eigenvalue weighted by molar-refractivity contribution is 5.84. The van der Waals surface area contributed by atoms with Crippen LogP contribution < -0.4 is 0 Å². The van der Waals surface area contributed by atoms with Crippen LogP contribution in [0.2, 0.25) is 0 Å². The maximum atomic E-state index is 10.8. The average Bonchev–Trinajstić information content (AvgIpc) is 2.66. The van der Waals surface area contributed by atoms with E-state index in [-0.39, 0.29) is 12.4 Å². The number of aromatic carboxylic acids is 1. The summed E-state index contributed by atoms with van der Waals surface area (Å²) in [5, 5.41) is 17.6. The summed E-state index contributed by atoms with van der Waals surface area (Å²) in [6.07, 6.45) is 0.719. The predicted molar refractivity (Wildman–Crippen MR) is 63.1 cm³/mol. The predicted octanol–water partition coefficient (Wildman–Crippen LogP) is 1.49. The highest BCUT2D eigenvalue weighted by atomic mass is 16.4. The molecule has 17 heavy (non-hydrogen) atoms. The Morgan fingerprint density at radius 3 is 2.71 bits per heavy atom. The lowest BCUT2D eigenvalue weighted by molar-refractivity contribution is 0.0661. The quantitative estimate of drug-likeness (QED) is 0.756. The molecule has 0 atom stereocenters. The maximum Gasteiger partial charge on any atom is 0.371 e. The lowest BCUT2D eigenvalue weighted by Crippen LogP contribution is -2.24. The van der Waals surface area contributed by atoms with E-state index in [1.165, 1.54) is 0 Å². The first-order valence-electron chi connectivity index (χ1n) is 5.74. The largest absolute Gasteiger partial charge is 0.475 e. The fourth-order valence-corrected chi connectivity index (χ4v) is 1.67. The smallest absolute Gasteiger partial charge is 0.371 e. The molecular formula is C12H19NO4. The summed E-state index contributed by atoms with van der Waals surface area (Å²) < 4.78 is 5.15. The fraction of sp³-hybridized carbons (Fsp3) is 0.583. The number of aliphatic hydroxyl groups is 1. The molecule has 1 rings (SSSR count). The molecule has 0 radical (unpaired) electrons. The van der Waals surface area contributed by atoms with Crippen molar-refractivity contribution in [3.05, 3.63) is 23.2 Å². The van der Waals surface area contributed by atoms with Crippen molar-refractivity contribution in [1.29, 1.82) is 0 Å². The van der Waals surface area contributed by atoms with Crippen LogP contribution in [0.15, 0.2) is 10.5 Å². The standard InChI is InChI=1S/C12H19NO4/c1-3-13(5-4-6-14)8-10-7-11(12(15)16)17-9(10)2/h7,14H,3-6,8H2,1-2H3,(H,15,16). The molecule has 0 aliphatic rings. The van der Waals surface area contributed by atoms with Crippen LogP contribution >= 0.6 is 0 Å². The number of nitrogens with zero attached hydrogens (tertiary/aromatic N) is 1. The van der Waals surface area contributed by atoms with Crippen molar-refractivity contribution in [3.63, 3.8) is 0 Å². The van der Waals surface area contributed by atoms with Crippen LogP contribution in [0, 0.1) is 6.92 Å². The van der Waals surface area contributed by atoms with Gasteiger partial charge in [-0.2, -0.15) is 0 Å². The summed E-state index contributed by atoms with van der Waals surface area (Å²) in [6.45, 7) is 6.26. The zero-order valence-electron chi connectivity index (χ0n) is 10.3. The van der Waals surface area contributed by atoms with E-state index in [1.54, 1.807) is 13.0 Å². The van der Waals surface area contributed by atoms with Gasteiger partial charge in [-0.3, -0.25) is 4.90 Å². The second-order valence-corrected chi connectivity index (χ2v) is 3.94. The van der Waals surface area contributed by atoms with E-state index in [0.717, 1.165) is 25.1 Å². The van der Waals surface area contributed by atoms with E-state index in [2.05, 4.69) is 4.90 Å². The SMILES string of the molecule is CCN(CCCO)Cc1cc(C(=O)O)oc1C. The van der Waals surface area contributed by atoms with Crippen molar-refractivity contribution in [3.8, 4) is 0 Å². The molecule has 5 nitrogen and oxygen atoms in total. The maximum absolute atomic E-state index is 10.8. The van der Waals surface area contributed by atoms with Crippen LogP contribution in [0.25, 0.3) is 0 Å². The molecule has 1 aromatic heterocycles. The lowest BCUT2D eigenvalue weighted by Gasteiger charge is -2.19. The molecular weight excluding hydrogens is 222 g/mol. The molecule has 2 N–H and O–H groups in total. The number of aryl methyl sites for hydroxylation is 1. The summed E-state index contributed by atoms with van der Waals surface area (Å²) >= 11 is 0. The van der Waals surface area contributed by atoms with Crippen molar-refractivity contribution in [2.75, 3.05) is 19.7 Å². The Bertz CT molecular complexity index is 373. The molecule has 0 unspecified atom stereocenters. The van der Waals surface area contributed by atoms with E-state index in [0.29, 0.717) is 12.3 Å². The molecule has 0 fully saturated rings. The van der Waals surface area contributed by atoms with Crippen molar-refractivity contribution in [2.45, 2.75) is 26.8 Å². The molecule has 0 aromatic carbocycles. The minimum atomic E-state index is -1.04. The number of rotatable bonds is 7. The average molecular weight is 241 g/mol. The van der Waals surface area contributed by atoms with Crippen LogP contribution in [0.4, 0.5) is 0 Å². The van der Waals surface area contributed by atoms with E-state index < -0.39 is 5.97 Å². The van der Waals surface area contributed by atoms with E-state index in [9.17, 15) is 4.79 Å². The molecule has 0 saturated heterocycles. The summed E-state index contributed by atoms with van der Waals surface area (Å²) in [5.41, 5.74) is 0.891. The Morgan fingerprint density at radius 2 is 2.24 bits per heavy atom. The Labute approximate surface area is 101 Å². The fourth-order valence-electron chi connectivity index (χ4n) is 1.67. The van der Waals surface area contributed by atoms with Crippen molar-refractivity contribution >= 4 is 5.97 Å². The molecule has 0 aliphatic heterocycles.